The second kappa shape index (κ2) is 6.23. The highest BCUT2D eigenvalue weighted by Gasteiger charge is 2.28. The van der Waals surface area contributed by atoms with Gasteiger partial charge in [-0.1, -0.05) is 20.8 Å². The summed E-state index contributed by atoms with van der Waals surface area (Å²) in [7, 11) is 0. The van der Waals surface area contributed by atoms with Gasteiger partial charge in [-0.25, -0.2) is 0 Å². The van der Waals surface area contributed by atoms with Crippen molar-refractivity contribution in [2.75, 3.05) is 6.54 Å². The van der Waals surface area contributed by atoms with Gasteiger partial charge in [0, 0.05) is 13.0 Å². The van der Waals surface area contributed by atoms with Crippen molar-refractivity contribution in [3.05, 3.63) is 0 Å². The third kappa shape index (κ3) is 8.01. The zero-order valence-electron chi connectivity index (χ0n) is 10.5. The number of carbonyl (C=O) groups is 1. The van der Waals surface area contributed by atoms with E-state index in [1.807, 2.05) is 20.8 Å². The fourth-order valence-corrected chi connectivity index (χ4v) is 1.17. The van der Waals surface area contributed by atoms with Gasteiger partial charge in [-0.2, -0.15) is 13.2 Å². The Hall–Kier alpha value is -0.780. The number of hydrogen-bond acceptors (Lipinski definition) is 2. The number of alkyl halides is 3. The second-order valence-electron chi connectivity index (χ2n) is 5.21. The summed E-state index contributed by atoms with van der Waals surface area (Å²) in [4.78, 5) is 11.5. The van der Waals surface area contributed by atoms with E-state index >= 15 is 0 Å². The molecule has 0 saturated heterocycles. The first-order valence-corrected chi connectivity index (χ1v) is 5.64. The quantitative estimate of drug-likeness (QED) is 0.739. The van der Waals surface area contributed by atoms with Gasteiger partial charge >= 0.3 is 6.18 Å². The fraction of sp³-hybridized carbons (Fsp3) is 0.909. The van der Waals surface area contributed by atoms with Gasteiger partial charge in [-0.05, 0) is 18.3 Å². The molecule has 102 valence electrons. The van der Waals surface area contributed by atoms with Crippen LogP contribution in [-0.2, 0) is 4.79 Å². The van der Waals surface area contributed by atoms with Crippen LogP contribution in [0.25, 0.3) is 0 Å². The first-order valence-electron chi connectivity index (χ1n) is 5.64. The summed E-state index contributed by atoms with van der Waals surface area (Å²) in [5.41, 5.74) is 5.34. The number of nitrogens with one attached hydrogen (secondary N) is 1. The third-order valence-electron chi connectivity index (χ3n) is 2.40. The van der Waals surface area contributed by atoms with Crippen molar-refractivity contribution >= 4 is 5.91 Å². The predicted molar refractivity (Wildman–Crippen MR) is 60.3 cm³/mol. The van der Waals surface area contributed by atoms with Gasteiger partial charge in [0.15, 0.2) is 0 Å². The molecule has 0 bridgehead atoms. The summed E-state index contributed by atoms with van der Waals surface area (Å²) in [6.45, 7) is 5.74. The van der Waals surface area contributed by atoms with Crippen LogP contribution in [0, 0.1) is 5.41 Å². The molecule has 3 nitrogen and oxygen atoms in total. The molecule has 1 atom stereocenters. The molecule has 0 aliphatic carbocycles. The minimum atomic E-state index is -4.12. The van der Waals surface area contributed by atoms with Crippen LogP contribution >= 0.6 is 0 Å². The van der Waals surface area contributed by atoms with E-state index in [1.165, 1.54) is 0 Å². The maximum Gasteiger partial charge on any atom is 0.389 e. The van der Waals surface area contributed by atoms with E-state index in [0.29, 0.717) is 6.42 Å². The molecular weight excluding hydrogens is 233 g/mol. The monoisotopic (exact) mass is 254 g/mol. The minimum absolute atomic E-state index is 0.0224. The smallest absolute Gasteiger partial charge is 0.355 e. The van der Waals surface area contributed by atoms with Crippen molar-refractivity contribution in [2.24, 2.45) is 11.1 Å². The minimum Gasteiger partial charge on any atom is -0.355 e. The molecule has 0 aromatic heterocycles. The molecule has 1 amide bonds. The predicted octanol–water partition coefficient (Wildman–Crippen LogP) is 2.21. The fourth-order valence-electron chi connectivity index (χ4n) is 1.17. The zero-order valence-corrected chi connectivity index (χ0v) is 10.5. The van der Waals surface area contributed by atoms with Crippen LogP contribution in [0.2, 0.25) is 0 Å². The Kier molecular flexibility index (Phi) is 5.95. The maximum absolute atomic E-state index is 11.8. The molecular formula is C11H21F3N2O. The highest BCUT2D eigenvalue weighted by Crippen LogP contribution is 2.22. The number of amides is 1. The van der Waals surface area contributed by atoms with Gasteiger partial charge in [0.2, 0.25) is 5.91 Å². The van der Waals surface area contributed by atoms with Gasteiger partial charge in [0.1, 0.15) is 0 Å². The number of nitrogens with two attached hydrogens (primary N) is 1. The normalized spacial score (nSPS) is 14.5. The first kappa shape index (κ1) is 16.2. The lowest BCUT2D eigenvalue weighted by Crippen LogP contribution is -2.48. The lowest BCUT2D eigenvalue weighted by Gasteiger charge is -2.25. The van der Waals surface area contributed by atoms with Crippen molar-refractivity contribution in [2.45, 2.75) is 52.3 Å². The van der Waals surface area contributed by atoms with Crippen molar-refractivity contribution in [3.8, 4) is 0 Å². The molecule has 0 radical (unpaired) electrons. The van der Waals surface area contributed by atoms with Crippen LogP contribution in [-0.4, -0.2) is 24.7 Å². The first-order chi connectivity index (χ1) is 7.54. The Balaban J connectivity index is 3.73. The Labute approximate surface area is 99.9 Å². The van der Waals surface area contributed by atoms with E-state index in [0.717, 1.165) is 0 Å². The van der Waals surface area contributed by atoms with Gasteiger partial charge in [-0.15, -0.1) is 0 Å². The number of unbranched alkanes of at least 4 members (excludes halogenated alkanes) is 1. The second-order valence-corrected chi connectivity index (χ2v) is 5.21. The molecule has 0 aromatic rings. The molecule has 0 saturated carbocycles. The van der Waals surface area contributed by atoms with Crippen molar-refractivity contribution in [1.82, 2.24) is 5.32 Å². The van der Waals surface area contributed by atoms with E-state index < -0.39 is 18.6 Å². The van der Waals surface area contributed by atoms with E-state index in [2.05, 4.69) is 5.32 Å². The molecule has 6 heteroatoms. The van der Waals surface area contributed by atoms with Gasteiger partial charge in [-0.3, -0.25) is 4.79 Å². The van der Waals surface area contributed by atoms with Crippen LogP contribution < -0.4 is 11.1 Å². The van der Waals surface area contributed by atoms with Crippen molar-refractivity contribution in [3.63, 3.8) is 0 Å². The van der Waals surface area contributed by atoms with Crippen LogP contribution in [0.3, 0.4) is 0 Å². The van der Waals surface area contributed by atoms with Gasteiger partial charge in [0.25, 0.3) is 0 Å². The molecule has 0 spiro atoms. The van der Waals surface area contributed by atoms with Crippen LogP contribution in [0.15, 0.2) is 0 Å². The zero-order chi connectivity index (χ0) is 13.7. The molecule has 3 N–H and O–H groups in total. The number of carbonyl (C=O) groups excluding carboxylic acids is 1. The maximum atomic E-state index is 11.8. The van der Waals surface area contributed by atoms with E-state index in [1.54, 1.807) is 0 Å². The molecule has 0 heterocycles. The topological polar surface area (TPSA) is 55.1 Å². The Bertz CT molecular complexity index is 246. The average molecular weight is 254 g/mol. The summed E-state index contributed by atoms with van der Waals surface area (Å²) in [6, 6.07) is -0.648. The Morgan fingerprint density at radius 3 is 2.18 bits per heavy atom. The molecule has 0 aromatic carbocycles. The van der Waals surface area contributed by atoms with Crippen LogP contribution in [0.5, 0.6) is 0 Å². The van der Waals surface area contributed by atoms with Gasteiger partial charge < -0.3 is 11.1 Å². The molecule has 0 rings (SSSR count). The lowest BCUT2D eigenvalue weighted by atomic mass is 9.87. The summed E-state index contributed by atoms with van der Waals surface area (Å²) < 4.78 is 35.5. The highest BCUT2D eigenvalue weighted by molar-refractivity contribution is 5.82. The summed E-state index contributed by atoms with van der Waals surface area (Å²) in [6.07, 6.45) is -4.60. The molecule has 17 heavy (non-hydrogen) atoms. The summed E-state index contributed by atoms with van der Waals surface area (Å²) >= 11 is 0. The highest BCUT2D eigenvalue weighted by atomic mass is 19.4. The summed E-state index contributed by atoms with van der Waals surface area (Å²) in [5, 5.41) is 2.54. The molecule has 0 unspecified atom stereocenters. The third-order valence-corrected chi connectivity index (χ3v) is 2.40. The molecule has 0 fully saturated rings. The van der Waals surface area contributed by atoms with E-state index in [-0.39, 0.29) is 24.3 Å². The SMILES string of the molecule is CC(C)(C)[C@@H](N)C(=O)NCCCCC(F)(F)F. The standard InChI is InChI=1S/C11H21F3N2O/c1-10(2,3)8(15)9(17)16-7-5-4-6-11(12,13)14/h8H,4-7,15H2,1-3H3,(H,16,17)/t8-/m0/s1. The summed E-state index contributed by atoms with van der Waals surface area (Å²) in [5.74, 6) is -0.315. The van der Waals surface area contributed by atoms with Crippen LogP contribution in [0.1, 0.15) is 40.0 Å². The van der Waals surface area contributed by atoms with E-state index in [4.69, 9.17) is 5.73 Å². The number of rotatable bonds is 5. The number of halogens is 3. The van der Waals surface area contributed by atoms with Crippen LogP contribution in [0.4, 0.5) is 13.2 Å². The number of hydrogen-bond donors (Lipinski definition) is 2. The largest absolute Gasteiger partial charge is 0.389 e. The Morgan fingerprint density at radius 1 is 1.24 bits per heavy atom. The Morgan fingerprint density at radius 2 is 1.76 bits per heavy atom. The molecule has 0 aliphatic rings. The molecule has 0 aliphatic heterocycles. The van der Waals surface area contributed by atoms with Crippen molar-refractivity contribution < 1.29 is 18.0 Å². The average Bonchev–Trinajstić information content (AvgIpc) is 2.12. The lowest BCUT2D eigenvalue weighted by molar-refractivity contribution is -0.135. The van der Waals surface area contributed by atoms with E-state index in [9.17, 15) is 18.0 Å². The van der Waals surface area contributed by atoms with Gasteiger partial charge in [0.05, 0.1) is 6.04 Å². The van der Waals surface area contributed by atoms with Crippen molar-refractivity contribution in [1.29, 1.82) is 0 Å².